The lowest BCUT2D eigenvalue weighted by molar-refractivity contribution is -0.125. The molecule has 0 aliphatic carbocycles. The molecule has 0 saturated carbocycles. The highest BCUT2D eigenvalue weighted by atomic mass is 32.2. The van der Waals surface area contributed by atoms with Crippen LogP contribution in [-0.4, -0.2) is 48.1 Å². The van der Waals surface area contributed by atoms with Gasteiger partial charge in [0.1, 0.15) is 34.9 Å². The molecule has 1 aliphatic heterocycles. The molecule has 0 amide bonds. The number of imidazole rings is 1. The SMILES string of the molecule is COc1ccc(C2=C(c3ccc(OCc4ccc5nccn5n4)cc3)C(=O)C(C)(C)O2)cc1.CS(=O)O. The Morgan fingerprint density at radius 3 is 2.27 bits per heavy atom. The van der Waals surface area contributed by atoms with E-state index in [1.807, 2.05) is 60.7 Å². The topological polar surface area (TPSA) is 112 Å². The summed E-state index contributed by atoms with van der Waals surface area (Å²) in [5, 5.41) is 4.46. The van der Waals surface area contributed by atoms with Gasteiger partial charge in [0.2, 0.25) is 5.78 Å². The number of hydrogen-bond donors (Lipinski definition) is 1. The van der Waals surface area contributed by atoms with Gasteiger partial charge in [-0.3, -0.25) is 4.79 Å². The van der Waals surface area contributed by atoms with Crippen molar-refractivity contribution in [1.82, 2.24) is 14.6 Å². The van der Waals surface area contributed by atoms with Crippen molar-refractivity contribution in [3.8, 4) is 11.5 Å². The molecule has 1 atom stereocenters. The van der Waals surface area contributed by atoms with Gasteiger partial charge in [-0.05, 0) is 67.9 Å². The summed E-state index contributed by atoms with van der Waals surface area (Å²) in [4.78, 5) is 17.4. The molecule has 1 unspecified atom stereocenters. The van der Waals surface area contributed by atoms with Gasteiger partial charge in [0.05, 0.1) is 18.4 Å². The molecule has 4 aromatic rings. The summed E-state index contributed by atoms with van der Waals surface area (Å²) in [6.07, 6.45) is 4.69. The van der Waals surface area contributed by atoms with Crippen LogP contribution < -0.4 is 9.47 Å². The molecule has 0 saturated heterocycles. The van der Waals surface area contributed by atoms with Crippen LogP contribution in [0, 0.1) is 0 Å². The second-order valence-electron chi connectivity index (χ2n) is 8.67. The van der Waals surface area contributed by atoms with Crippen LogP contribution in [0.1, 0.15) is 30.7 Å². The predicted octanol–water partition coefficient (Wildman–Crippen LogP) is 4.40. The van der Waals surface area contributed by atoms with Crippen molar-refractivity contribution >= 4 is 33.8 Å². The van der Waals surface area contributed by atoms with E-state index in [0.29, 0.717) is 23.7 Å². The molecule has 0 radical (unpaired) electrons. The molecule has 1 aliphatic rings. The van der Waals surface area contributed by atoms with E-state index >= 15 is 0 Å². The minimum atomic E-state index is -1.61. The Balaban J connectivity index is 0.000000747. The second-order valence-corrected chi connectivity index (χ2v) is 9.51. The number of rotatable bonds is 6. The molecule has 3 heterocycles. The van der Waals surface area contributed by atoms with Crippen LogP contribution in [-0.2, 0) is 27.2 Å². The lowest BCUT2D eigenvalue weighted by Crippen LogP contribution is -2.29. The summed E-state index contributed by atoms with van der Waals surface area (Å²) in [6, 6.07) is 18.7. The number of Topliss-reactive ketones (excluding diaryl/α,β-unsaturated/α-hetero) is 1. The average Bonchev–Trinajstić information content (AvgIpc) is 3.44. The molecule has 37 heavy (non-hydrogen) atoms. The number of fused-ring (bicyclic) bond motifs is 1. The maximum Gasteiger partial charge on any atom is 0.210 e. The van der Waals surface area contributed by atoms with E-state index in [9.17, 15) is 4.79 Å². The number of ether oxygens (including phenoxy) is 3. The van der Waals surface area contributed by atoms with Gasteiger partial charge in [0.15, 0.2) is 11.2 Å². The fourth-order valence-electron chi connectivity index (χ4n) is 3.77. The average molecular weight is 522 g/mol. The first-order valence-corrected chi connectivity index (χ1v) is 12.9. The maximum absolute atomic E-state index is 13.2. The molecular weight excluding hydrogens is 494 g/mol. The number of ketones is 1. The van der Waals surface area contributed by atoms with E-state index in [2.05, 4.69) is 10.1 Å². The van der Waals surface area contributed by atoms with Gasteiger partial charge < -0.3 is 18.8 Å². The van der Waals surface area contributed by atoms with Crippen LogP contribution in [0.5, 0.6) is 11.5 Å². The van der Waals surface area contributed by atoms with E-state index in [4.69, 9.17) is 23.0 Å². The largest absolute Gasteiger partial charge is 0.497 e. The number of nitrogens with zero attached hydrogens (tertiary/aromatic N) is 3. The maximum atomic E-state index is 13.2. The molecule has 10 heteroatoms. The Hall–Kier alpha value is -4.02. The standard InChI is InChI=1S/C26H23N3O4.CH4O2S/c1-26(2)25(30)23(24(33-26)18-6-9-20(31-3)10-7-18)17-4-11-21(12-5-17)32-16-19-8-13-22-27-14-15-29(22)28-19;1-4(2)3/h4-15H,16H2,1-3H3;1H3,(H,2,3). The fraction of sp³-hybridized carbons (Fsp3) is 0.222. The van der Waals surface area contributed by atoms with Crippen molar-refractivity contribution in [2.45, 2.75) is 26.1 Å². The van der Waals surface area contributed by atoms with Gasteiger partial charge in [-0.25, -0.2) is 13.7 Å². The molecule has 0 spiro atoms. The first-order valence-electron chi connectivity index (χ1n) is 11.4. The third-order valence-corrected chi connectivity index (χ3v) is 5.55. The highest BCUT2D eigenvalue weighted by molar-refractivity contribution is 7.78. The number of hydrogen-bond acceptors (Lipinski definition) is 7. The van der Waals surface area contributed by atoms with Gasteiger partial charge in [-0.2, -0.15) is 5.10 Å². The molecule has 2 aromatic heterocycles. The lowest BCUT2D eigenvalue weighted by Gasteiger charge is -2.17. The van der Waals surface area contributed by atoms with E-state index in [1.165, 1.54) is 6.26 Å². The number of carbonyl (C=O) groups is 1. The van der Waals surface area contributed by atoms with Crippen molar-refractivity contribution in [3.05, 3.63) is 89.9 Å². The minimum Gasteiger partial charge on any atom is -0.497 e. The Morgan fingerprint density at radius 2 is 1.62 bits per heavy atom. The molecule has 5 rings (SSSR count). The third kappa shape index (κ3) is 6.04. The van der Waals surface area contributed by atoms with Gasteiger partial charge in [-0.1, -0.05) is 12.1 Å². The predicted molar refractivity (Wildman–Crippen MR) is 140 cm³/mol. The summed E-state index contributed by atoms with van der Waals surface area (Å²) in [5.41, 5.74) is 2.81. The molecule has 1 N–H and O–H groups in total. The lowest BCUT2D eigenvalue weighted by atomic mass is 9.92. The van der Waals surface area contributed by atoms with Crippen molar-refractivity contribution in [1.29, 1.82) is 0 Å². The Bertz CT molecular complexity index is 1460. The zero-order valence-corrected chi connectivity index (χ0v) is 21.7. The Kier molecular flexibility index (Phi) is 7.70. The molecular formula is C27H27N3O6S. The Labute approximate surface area is 217 Å². The third-order valence-electron chi connectivity index (χ3n) is 5.55. The quantitative estimate of drug-likeness (QED) is 0.372. The number of methoxy groups -OCH3 is 1. The monoisotopic (exact) mass is 521 g/mol. The summed E-state index contributed by atoms with van der Waals surface area (Å²) in [6.45, 7) is 3.89. The van der Waals surface area contributed by atoms with E-state index in [1.54, 1.807) is 37.9 Å². The first kappa shape index (κ1) is 26.1. The van der Waals surface area contributed by atoms with Crippen LogP contribution >= 0.6 is 0 Å². The highest BCUT2D eigenvalue weighted by Crippen LogP contribution is 2.41. The van der Waals surface area contributed by atoms with E-state index < -0.39 is 16.7 Å². The summed E-state index contributed by atoms with van der Waals surface area (Å²) in [5.74, 6) is 1.94. The molecule has 192 valence electrons. The van der Waals surface area contributed by atoms with Crippen molar-refractivity contribution in [2.75, 3.05) is 13.4 Å². The van der Waals surface area contributed by atoms with Crippen LogP contribution in [0.3, 0.4) is 0 Å². The van der Waals surface area contributed by atoms with Gasteiger partial charge in [0, 0.05) is 24.2 Å². The second kappa shape index (κ2) is 10.9. The summed E-state index contributed by atoms with van der Waals surface area (Å²) < 4.78 is 35.6. The smallest absolute Gasteiger partial charge is 0.210 e. The van der Waals surface area contributed by atoms with Crippen LogP contribution in [0.25, 0.3) is 17.0 Å². The van der Waals surface area contributed by atoms with Gasteiger partial charge in [0.25, 0.3) is 0 Å². The number of benzene rings is 2. The highest BCUT2D eigenvalue weighted by Gasteiger charge is 2.42. The molecule has 9 nitrogen and oxygen atoms in total. The summed E-state index contributed by atoms with van der Waals surface area (Å²) in [7, 11) is 1.62. The number of carbonyl (C=O) groups excluding carboxylic acids is 1. The molecule has 0 fully saturated rings. The Morgan fingerprint density at radius 1 is 1.00 bits per heavy atom. The molecule has 2 aromatic carbocycles. The number of aromatic nitrogens is 3. The van der Waals surface area contributed by atoms with Crippen LogP contribution in [0.2, 0.25) is 0 Å². The van der Waals surface area contributed by atoms with Crippen molar-refractivity contribution in [3.63, 3.8) is 0 Å². The van der Waals surface area contributed by atoms with E-state index in [0.717, 1.165) is 28.2 Å². The fourth-order valence-corrected chi connectivity index (χ4v) is 3.77. The zero-order valence-electron chi connectivity index (χ0n) is 20.9. The van der Waals surface area contributed by atoms with Gasteiger partial charge in [-0.15, -0.1) is 0 Å². The van der Waals surface area contributed by atoms with E-state index in [-0.39, 0.29) is 5.78 Å². The first-order chi connectivity index (χ1) is 17.7. The van der Waals surface area contributed by atoms with Crippen LogP contribution in [0.4, 0.5) is 0 Å². The van der Waals surface area contributed by atoms with Crippen molar-refractivity contribution < 1.29 is 27.8 Å². The van der Waals surface area contributed by atoms with Crippen molar-refractivity contribution in [2.24, 2.45) is 0 Å². The van der Waals surface area contributed by atoms with Gasteiger partial charge >= 0.3 is 0 Å². The normalized spacial score (nSPS) is 15.1. The molecule has 0 bridgehead atoms. The van der Waals surface area contributed by atoms with Crippen LogP contribution in [0.15, 0.2) is 73.1 Å². The summed E-state index contributed by atoms with van der Waals surface area (Å²) >= 11 is -1.61. The zero-order chi connectivity index (χ0) is 26.6. The minimum absolute atomic E-state index is 0.0557.